The first-order valence-corrected chi connectivity index (χ1v) is 11.4. The predicted octanol–water partition coefficient (Wildman–Crippen LogP) is 3.44. The van der Waals surface area contributed by atoms with Crippen molar-refractivity contribution in [2.45, 2.75) is 39.7 Å². The topological polar surface area (TPSA) is 122 Å². The van der Waals surface area contributed by atoms with E-state index in [0.717, 1.165) is 38.2 Å². The number of anilines is 3. The molecule has 1 aliphatic heterocycles. The quantitative estimate of drug-likeness (QED) is 0.375. The summed E-state index contributed by atoms with van der Waals surface area (Å²) in [6, 6.07) is 3.48. The molecule has 1 fully saturated rings. The highest BCUT2D eigenvalue weighted by atomic mass is 19.1. The summed E-state index contributed by atoms with van der Waals surface area (Å²) in [5.41, 5.74) is 9.70. The molecule has 1 amide bonds. The van der Waals surface area contributed by atoms with Gasteiger partial charge in [-0.05, 0) is 39.3 Å². The van der Waals surface area contributed by atoms with E-state index in [2.05, 4.69) is 37.4 Å². The standard InChI is InChI=1S/C24H30FN7O2/c1-5-28-15-6-8-32(9-7-15)18-11-17(25)20(21(26)16(18)12-27-4)23(33)31-24-30-22-14(3)29-13(2)10-19(22)34-24/h10-12,15,28H,5-9,26H2,1-4H3,(H,30,31,33). The molecular weight excluding hydrogens is 437 g/mol. The number of amides is 1. The molecule has 10 heteroatoms. The minimum Gasteiger partial charge on any atom is -0.423 e. The molecule has 3 aromatic rings. The summed E-state index contributed by atoms with van der Waals surface area (Å²) in [7, 11) is 1.61. The molecule has 1 saturated heterocycles. The van der Waals surface area contributed by atoms with Gasteiger partial charge in [-0.25, -0.2) is 4.39 Å². The van der Waals surface area contributed by atoms with Crippen LogP contribution in [0.15, 0.2) is 21.5 Å². The number of nitrogens with one attached hydrogen (secondary N) is 2. The fourth-order valence-corrected chi connectivity index (χ4v) is 4.48. The Morgan fingerprint density at radius 1 is 1.32 bits per heavy atom. The number of piperidine rings is 1. The number of rotatable bonds is 6. The van der Waals surface area contributed by atoms with E-state index in [4.69, 9.17) is 10.2 Å². The summed E-state index contributed by atoms with van der Waals surface area (Å²) >= 11 is 0. The number of hydrogen-bond acceptors (Lipinski definition) is 8. The number of carbonyl (C=O) groups excluding carboxylic acids is 1. The zero-order valence-electron chi connectivity index (χ0n) is 19.9. The lowest BCUT2D eigenvalue weighted by atomic mass is 9.99. The van der Waals surface area contributed by atoms with Gasteiger partial charge in [-0.1, -0.05) is 6.92 Å². The third kappa shape index (κ3) is 4.58. The van der Waals surface area contributed by atoms with Crippen LogP contribution in [-0.4, -0.2) is 54.8 Å². The number of nitrogens with two attached hydrogens (primary N) is 1. The van der Waals surface area contributed by atoms with Crippen LogP contribution in [0.4, 0.5) is 21.8 Å². The van der Waals surface area contributed by atoms with Gasteiger partial charge in [-0.2, -0.15) is 4.98 Å². The molecule has 0 bridgehead atoms. The van der Waals surface area contributed by atoms with Gasteiger partial charge in [-0.15, -0.1) is 0 Å². The van der Waals surface area contributed by atoms with Crippen LogP contribution in [0.25, 0.3) is 11.1 Å². The number of nitrogen functional groups attached to an aromatic ring is 1. The molecule has 0 atom stereocenters. The average Bonchev–Trinajstić information content (AvgIpc) is 3.19. The zero-order valence-corrected chi connectivity index (χ0v) is 19.9. The van der Waals surface area contributed by atoms with E-state index in [-0.39, 0.29) is 17.3 Å². The van der Waals surface area contributed by atoms with Crippen molar-refractivity contribution < 1.29 is 13.6 Å². The third-order valence-electron chi connectivity index (χ3n) is 6.05. The summed E-state index contributed by atoms with van der Waals surface area (Å²) < 4.78 is 20.9. The minimum atomic E-state index is -0.743. The van der Waals surface area contributed by atoms with Crippen LogP contribution in [-0.2, 0) is 0 Å². The van der Waals surface area contributed by atoms with Crippen molar-refractivity contribution in [1.82, 2.24) is 15.3 Å². The van der Waals surface area contributed by atoms with E-state index < -0.39 is 11.7 Å². The molecule has 2 aromatic heterocycles. The molecule has 0 radical (unpaired) electrons. The smallest absolute Gasteiger partial charge is 0.302 e. The van der Waals surface area contributed by atoms with Gasteiger partial charge in [0.2, 0.25) is 0 Å². The molecule has 1 aromatic carbocycles. The van der Waals surface area contributed by atoms with Crippen molar-refractivity contribution in [3.05, 3.63) is 40.5 Å². The number of halogens is 1. The van der Waals surface area contributed by atoms with Gasteiger partial charge in [-0.3, -0.25) is 20.1 Å². The van der Waals surface area contributed by atoms with E-state index >= 15 is 4.39 Å². The van der Waals surface area contributed by atoms with Gasteiger partial charge < -0.3 is 20.4 Å². The molecule has 9 nitrogen and oxygen atoms in total. The lowest BCUT2D eigenvalue weighted by Gasteiger charge is -2.35. The number of pyridine rings is 1. The Hall–Kier alpha value is -3.53. The molecule has 0 spiro atoms. The maximum atomic E-state index is 15.3. The number of aryl methyl sites for hydroxylation is 2. The molecule has 4 N–H and O–H groups in total. The second-order valence-electron chi connectivity index (χ2n) is 8.46. The van der Waals surface area contributed by atoms with Crippen LogP contribution in [0.3, 0.4) is 0 Å². The molecule has 4 rings (SSSR count). The maximum Gasteiger partial charge on any atom is 0.302 e. The number of hydrogen-bond donors (Lipinski definition) is 3. The van der Waals surface area contributed by atoms with Crippen molar-refractivity contribution in [2.24, 2.45) is 4.99 Å². The summed E-state index contributed by atoms with van der Waals surface area (Å²) in [5.74, 6) is -1.45. The van der Waals surface area contributed by atoms with Crippen molar-refractivity contribution >= 4 is 40.6 Å². The Labute approximate surface area is 197 Å². The Morgan fingerprint density at radius 2 is 2.06 bits per heavy atom. The number of nitrogens with zero attached hydrogens (tertiary/aromatic N) is 4. The van der Waals surface area contributed by atoms with Gasteiger partial charge in [0.25, 0.3) is 5.91 Å². The normalized spacial score (nSPS) is 14.9. The van der Waals surface area contributed by atoms with Crippen molar-refractivity contribution in [1.29, 1.82) is 0 Å². The van der Waals surface area contributed by atoms with Gasteiger partial charge in [0.05, 0.1) is 22.6 Å². The van der Waals surface area contributed by atoms with Crippen molar-refractivity contribution in [2.75, 3.05) is 42.6 Å². The second kappa shape index (κ2) is 9.76. The molecule has 34 heavy (non-hydrogen) atoms. The number of benzene rings is 1. The first kappa shape index (κ1) is 23.6. The van der Waals surface area contributed by atoms with Crippen LogP contribution >= 0.6 is 0 Å². The first-order chi connectivity index (χ1) is 16.3. The Bertz CT molecular complexity index is 1250. The van der Waals surface area contributed by atoms with Crippen LogP contribution in [0.2, 0.25) is 0 Å². The van der Waals surface area contributed by atoms with Crippen molar-refractivity contribution in [3.63, 3.8) is 0 Å². The highest BCUT2D eigenvalue weighted by Crippen LogP contribution is 2.33. The molecule has 1 aliphatic rings. The van der Waals surface area contributed by atoms with E-state index in [1.165, 1.54) is 6.07 Å². The number of aliphatic imine (C=N–C) groups is 1. The van der Waals surface area contributed by atoms with E-state index in [1.54, 1.807) is 26.3 Å². The monoisotopic (exact) mass is 467 g/mol. The molecule has 0 unspecified atom stereocenters. The fourth-order valence-electron chi connectivity index (χ4n) is 4.48. The zero-order chi connectivity index (χ0) is 24.4. The summed E-state index contributed by atoms with van der Waals surface area (Å²) in [6.45, 7) is 8.15. The molecule has 3 heterocycles. The summed E-state index contributed by atoms with van der Waals surface area (Å²) in [4.78, 5) is 27.8. The van der Waals surface area contributed by atoms with Crippen LogP contribution in [0.5, 0.6) is 0 Å². The highest BCUT2D eigenvalue weighted by molar-refractivity contribution is 6.11. The van der Waals surface area contributed by atoms with Crippen LogP contribution in [0, 0.1) is 19.7 Å². The number of carbonyl (C=O) groups is 1. The van der Waals surface area contributed by atoms with Gasteiger partial charge >= 0.3 is 6.01 Å². The van der Waals surface area contributed by atoms with E-state index in [1.807, 2.05) is 6.92 Å². The second-order valence-corrected chi connectivity index (χ2v) is 8.46. The number of oxazole rings is 1. The van der Waals surface area contributed by atoms with Crippen LogP contribution in [0.1, 0.15) is 47.1 Å². The SMILES string of the molecule is CCNC1CCN(c2cc(F)c(C(=O)Nc3nc4c(C)nc(C)cc4o3)c(N)c2C=NC)CC1. The predicted molar refractivity (Wildman–Crippen MR) is 132 cm³/mol. The highest BCUT2D eigenvalue weighted by Gasteiger charge is 2.27. The molecule has 0 saturated carbocycles. The minimum absolute atomic E-state index is 0.0247. The Balaban J connectivity index is 1.64. The molecule has 180 valence electrons. The maximum absolute atomic E-state index is 15.3. The molecule has 0 aliphatic carbocycles. The van der Waals surface area contributed by atoms with Gasteiger partial charge in [0, 0.05) is 49.7 Å². The summed E-state index contributed by atoms with van der Waals surface area (Å²) in [5, 5.41) is 5.99. The summed E-state index contributed by atoms with van der Waals surface area (Å²) in [6.07, 6.45) is 3.44. The largest absolute Gasteiger partial charge is 0.423 e. The van der Waals surface area contributed by atoms with Crippen molar-refractivity contribution in [3.8, 4) is 0 Å². The molecular formula is C24H30FN7O2. The van der Waals surface area contributed by atoms with Gasteiger partial charge in [0.1, 0.15) is 11.3 Å². The Morgan fingerprint density at radius 3 is 2.74 bits per heavy atom. The first-order valence-electron chi connectivity index (χ1n) is 11.4. The van der Waals surface area contributed by atoms with Gasteiger partial charge in [0.15, 0.2) is 5.58 Å². The number of fused-ring (bicyclic) bond motifs is 1. The van der Waals surface area contributed by atoms with E-state index in [9.17, 15) is 4.79 Å². The Kier molecular flexibility index (Phi) is 6.78. The van der Waals surface area contributed by atoms with E-state index in [0.29, 0.717) is 34.1 Å². The average molecular weight is 468 g/mol. The fraction of sp³-hybridized carbons (Fsp3) is 0.417. The lowest BCUT2D eigenvalue weighted by molar-refractivity contribution is 0.102. The third-order valence-corrected chi connectivity index (χ3v) is 6.05. The lowest BCUT2D eigenvalue weighted by Crippen LogP contribution is -2.43. The number of aromatic nitrogens is 2. The van der Waals surface area contributed by atoms with Crippen LogP contribution < -0.4 is 21.3 Å².